The highest BCUT2D eigenvalue weighted by Gasteiger charge is 2.21. The number of hydrogen-bond donors (Lipinski definition) is 3. The van der Waals surface area contributed by atoms with E-state index in [1.54, 1.807) is 78.2 Å². The number of carbonyl (C=O) groups excluding carboxylic acids is 3. The number of anilines is 2. The zero-order valence-corrected chi connectivity index (χ0v) is 25.1. The average Bonchev–Trinajstić information content (AvgIpc) is 3.73. The topological polar surface area (TPSA) is 113 Å². The third-order valence-corrected chi connectivity index (χ3v) is 8.38. The van der Waals surface area contributed by atoms with Crippen LogP contribution in [-0.4, -0.2) is 28.0 Å². The molecule has 5 rings (SSSR count). The molecular weight excluding hydrogens is 600 g/mol. The number of nitrogens with zero attached hydrogens (tertiary/aromatic N) is 1. The van der Waals surface area contributed by atoms with Crippen LogP contribution in [0.3, 0.4) is 0 Å². The van der Waals surface area contributed by atoms with Crippen molar-refractivity contribution in [3.05, 3.63) is 125 Å². The van der Waals surface area contributed by atoms with Crippen LogP contribution in [-0.2, 0) is 9.59 Å². The third-order valence-electron chi connectivity index (χ3n) is 6.27. The lowest BCUT2D eigenvalue weighted by Gasteiger charge is -2.15. The van der Waals surface area contributed by atoms with E-state index in [1.165, 1.54) is 47.6 Å². The van der Waals surface area contributed by atoms with Crippen molar-refractivity contribution in [2.24, 2.45) is 0 Å². The van der Waals surface area contributed by atoms with Crippen LogP contribution in [0, 0.1) is 5.82 Å². The summed E-state index contributed by atoms with van der Waals surface area (Å²) < 4.78 is 18.6. The fourth-order valence-corrected chi connectivity index (χ4v) is 5.80. The van der Waals surface area contributed by atoms with Crippen LogP contribution < -0.4 is 16.0 Å². The maximum absolute atomic E-state index is 13.3. The number of furan rings is 1. The Morgan fingerprint density at radius 1 is 0.977 bits per heavy atom. The Kier molecular flexibility index (Phi) is 10.0. The highest BCUT2D eigenvalue weighted by molar-refractivity contribution is 8.00. The second kappa shape index (κ2) is 14.5. The fraction of sp³-hybridized carbons (Fsp3) is 0.0909. The molecule has 3 amide bonds. The van der Waals surface area contributed by atoms with Gasteiger partial charge < -0.3 is 20.4 Å². The van der Waals surface area contributed by atoms with Crippen LogP contribution in [0.15, 0.2) is 118 Å². The van der Waals surface area contributed by atoms with Crippen LogP contribution in [0.5, 0.6) is 0 Å². The van der Waals surface area contributed by atoms with Crippen LogP contribution in [0.1, 0.15) is 29.5 Å². The molecule has 0 fully saturated rings. The predicted molar refractivity (Wildman–Crippen MR) is 172 cm³/mol. The van der Waals surface area contributed by atoms with Gasteiger partial charge in [0.05, 0.1) is 17.2 Å². The molecule has 3 N–H and O–H groups in total. The molecule has 0 saturated heterocycles. The summed E-state index contributed by atoms with van der Waals surface area (Å²) in [5.74, 6) is -1.12. The first-order chi connectivity index (χ1) is 21.4. The lowest BCUT2D eigenvalue weighted by Crippen LogP contribution is -2.30. The Hall–Kier alpha value is -5.00. The molecule has 11 heteroatoms. The van der Waals surface area contributed by atoms with Crippen molar-refractivity contribution < 1.29 is 23.2 Å². The van der Waals surface area contributed by atoms with Crippen molar-refractivity contribution in [1.29, 1.82) is 0 Å². The van der Waals surface area contributed by atoms with E-state index in [2.05, 4.69) is 20.9 Å². The predicted octanol–water partition coefficient (Wildman–Crippen LogP) is 7.46. The van der Waals surface area contributed by atoms with Crippen LogP contribution in [0.4, 0.5) is 15.2 Å². The standard InChI is InChI=1S/C33H27FN4O4S2/c1-2-29(32(41)38-33-37-28(20-43-33)21-13-15-23(34)16-14-21)44-26-12-6-10-24(18-26)35-31(40)27(19-25-11-7-17-42-25)36-30(39)22-8-4-3-5-9-22/h3-20,29H,2H2,1H3,(H,35,40)(H,36,39)(H,37,38,41)/b27-19-. The molecular formula is C33H27FN4O4S2. The molecule has 5 aromatic rings. The van der Waals surface area contributed by atoms with Gasteiger partial charge in [-0.25, -0.2) is 9.37 Å². The van der Waals surface area contributed by atoms with E-state index in [0.717, 1.165) is 10.5 Å². The fourth-order valence-electron chi connectivity index (χ4n) is 4.06. The van der Waals surface area contributed by atoms with E-state index < -0.39 is 17.1 Å². The van der Waals surface area contributed by atoms with Crippen LogP contribution >= 0.6 is 23.1 Å². The summed E-state index contributed by atoms with van der Waals surface area (Å²) in [5, 5.41) is 10.2. The van der Waals surface area contributed by atoms with E-state index in [-0.39, 0.29) is 17.4 Å². The van der Waals surface area contributed by atoms with Gasteiger partial charge in [-0.2, -0.15) is 0 Å². The lowest BCUT2D eigenvalue weighted by molar-refractivity contribution is -0.116. The van der Waals surface area contributed by atoms with Gasteiger partial charge in [0.25, 0.3) is 11.8 Å². The zero-order chi connectivity index (χ0) is 30.9. The molecule has 1 atom stereocenters. The maximum atomic E-state index is 13.3. The molecule has 8 nitrogen and oxygen atoms in total. The molecule has 0 radical (unpaired) electrons. The van der Waals surface area contributed by atoms with E-state index in [4.69, 9.17) is 4.42 Å². The minimum absolute atomic E-state index is 0.00104. The van der Waals surface area contributed by atoms with E-state index in [9.17, 15) is 18.8 Å². The van der Waals surface area contributed by atoms with Crippen LogP contribution in [0.2, 0.25) is 0 Å². The quantitative estimate of drug-likeness (QED) is 0.104. The molecule has 0 bridgehead atoms. The highest BCUT2D eigenvalue weighted by atomic mass is 32.2. The molecule has 1 unspecified atom stereocenters. The maximum Gasteiger partial charge on any atom is 0.272 e. The SMILES string of the molecule is CCC(Sc1cccc(NC(=O)/C(=C/c2ccco2)NC(=O)c2ccccc2)c1)C(=O)Nc1nc(-c2ccc(F)cc2)cs1. The molecule has 0 spiro atoms. The zero-order valence-electron chi connectivity index (χ0n) is 23.5. The number of hydrogen-bond acceptors (Lipinski definition) is 7. The van der Waals surface area contributed by atoms with Gasteiger partial charge in [-0.1, -0.05) is 31.2 Å². The Balaban J connectivity index is 1.25. The second-order valence-electron chi connectivity index (χ2n) is 9.42. The third kappa shape index (κ3) is 8.09. The molecule has 222 valence electrons. The van der Waals surface area contributed by atoms with Crippen molar-refractivity contribution in [3.8, 4) is 11.3 Å². The number of amides is 3. The van der Waals surface area contributed by atoms with E-state index in [0.29, 0.717) is 34.3 Å². The first kappa shape index (κ1) is 30.5. The monoisotopic (exact) mass is 626 g/mol. The first-order valence-corrected chi connectivity index (χ1v) is 15.4. The summed E-state index contributed by atoms with van der Waals surface area (Å²) in [6.07, 6.45) is 3.47. The lowest BCUT2D eigenvalue weighted by atomic mass is 10.2. The molecule has 0 saturated carbocycles. The Morgan fingerprint density at radius 2 is 1.77 bits per heavy atom. The second-order valence-corrected chi connectivity index (χ2v) is 11.6. The van der Waals surface area contributed by atoms with E-state index >= 15 is 0 Å². The Morgan fingerprint density at radius 3 is 2.50 bits per heavy atom. The van der Waals surface area contributed by atoms with E-state index in [1.807, 2.05) is 13.0 Å². The molecule has 0 aliphatic carbocycles. The van der Waals surface area contributed by atoms with Crippen molar-refractivity contribution in [1.82, 2.24) is 10.3 Å². The number of nitrogens with one attached hydrogen (secondary N) is 3. The molecule has 0 aliphatic heterocycles. The molecule has 3 aromatic carbocycles. The number of benzene rings is 3. The molecule has 0 aliphatic rings. The number of aromatic nitrogens is 1. The first-order valence-electron chi connectivity index (χ1n) is 13.6. The van der Waals surface area contributed by atoms with Crippen molar-refractivity contribution in [2.75, 3.05) is 10.6 Å². The normalized spacial score (nSPS) is 11.9. The van der Waals surface area contributed by atoms with Gasteiger partial charge in [0.2, 0.25) is 5.91 Å². The van der Waals surface area contributed by atoms with Gasteiger partial charge in [-0.3, -0.25) is 14.4 Å². The van der Waals surface area contributed by atoms with Crippen LogP contribution in [0.25, 0.3) is 17.3 Å². The Bertz CT molecular complexity index is 1770. The van der Waals surface area contributed by atoms with Gasteiger partial charge in [-0.05, 0) is 73.2 Å². The summed E-state index contributed by atoms with van der Waals surface area (Å²) in [4.78, 5) is 44.5. The summed E-state index contributed by atoms with van der Waals surface area (Å²) in [6, 6.07) is 25.0. The summed E-state index contributed by atoms with van der Waals surface area (Å²) in [6.45, 7) is 1.91. The number of rotatable bonds is 11. The summed E-state index contributed by atoms with van der Waals surface area (Å²) in [7, 11) is 0. The van der Waals surface area contributed by atoms with Gasteiger partial charge in [0.15, 0.2) is 5.13 Å². The molecule has 2 aromatic heterocycles. The van der Waals surface area contributed by atoms with Crippen molar-refractivity contribution in [3.63, 3.8) is 0 Å². The average molecular weight is 627 g/mol. The number of thiazole rings is 1. The Labute approximate surface area is 261 Å². The number of carbonyl (C=O) groups is 3. The van der Waals surface area contributed by atoms with Crippen molar-refractivity contribution >= 4 is 57.7 Å². The number of thioether (sulfide) groups is 1. The van der Waals surface area contributed by atoms with Gasteiger partial charge in [-0.15, -0.1) is 23.1 Å². The van der Waals surface area contributed by atoms with Gasteiger partial charge >= 0.3 is 0 Å². The number of halogens is 1. The highest BCUT2D eigenvalue weighted by Crippen LogP contribution is 2.30. The van der Waals surface area contributed by atoms with Gasteiger partial charge in [0, 0.05) is 33.2 Å². The smallest absolute Gasteiger partial charge is 0.272 e. The largest absolute Gasteiger partial charge is 0.465 e. The summed E-state index contributed by atoms with van der Waals surface area (Å²) in [5.41, 5.74) is 2.29. The summed E-state index contributed by atoms with van der Waals surface area (Å²) >= 11 is 2.65. The minimum Gasteiger partial charge on any atom is -0.465 e. The minimum atomic E-state index is -0.543. The van der Waals surface area contributed by atoms with Gasteiger partial charge in [0.1, 0.15) is 17.3 Å². The molecule has 44 heavy (non-hydrogen) atoms. The molecule has 2 heterocycles. The van der Waals surface area contributed by atoms with Crippen molar-refractivity contribution in [2.45, 2.75) is 23.5 Å².